The summed E-state index contributed by atoms with van der Waals surface area (Å²) in [5.74, 6) is 0.637. The van der Waals surface area contributed by atoms with Gasteiger partial charge in [-0.3, -0.25) is 9.69 Å². The monoisotopic (exact) mass is 383 g/mol. The third-order valence-corrected chi connectivity index (χ3v) is 4.94. The van der Waals surface area contributed by atoms with Crippen molar-refractivity contribution in [3.63, 3.8) is 0 Å². The first-order valence-corrected chi connectivity index (χ1v) is 8.78. The minimum Gasteiger partial charge on any atom is -0.373 e. The lowest BCUT2D eigenvalue weighted by atomic mass is 9.97. The second-order valence-corrected chi connectivity index (χ2v) is 7.29. The van der Waals surface area contributed by atoms with Crippen LogP contribution < -0.4 is 5.32 Å². The summed E-state index contributed by atoms with van der Waals surface area (Å²) in [7, 11) is 2.01. The van der Waals surface area contributed by atoms with Gasteiger partial charge in [-0.15, -0.1) is 24.8 Å². The highest BCUT2D eigenvalue weighted by Gasteiger charge is 2.37. The number of amides is 1. The molecule has 0 bridgehead atoms. The standard InChI is InChI=1S/C17H33N3O2.2ClH/c1-12(2)16(20-10-13(3)22-14(4)11-20)17(21)19-8-6-15(18-5)7-9-19;;/h12-16,18H,6-11H2,1-5H3;2*1H. The molecule has 3 unspecified atom stereocenters. The van der Waals surface area contributed by atoms with Crippen molar-refractivity contribution in [3.8, 4) is 0 Å². The van der Waals surface area contributed by atoms with E-state index in [0.29, 0.717) is 17.9 Å². The Morgan fingerprint density at radius 1 is 1.08 bits per heavy atom. The average Bonchev–Trinajstić information content (AvgIpc) is 2.46. The number of hydrogen-bond acceptors (Lipinski definition) is 4. The minimum absolute atomic E-state index is 0. The Morgan fingerprint density at radius 3 is 2.00 bits per heavy atom. The van der Waals surface area contributed by atoms with Crippen LogP contribution in [0.15, 0.2) is 0 Å². The van der Waals surface area contributed by atoms with Gasteiger partial charge < -0.3 is 15.0 Å². The van der Waals surface area contributed by atoms with E-state index >= 15 is 0 Å². The molecule has 2 rings (SSSR count). The molecule has 2 aliphatic rings. The number of morpholine rings is 1. The lowest BCUT2D eigenvalue weighted by molar-refractivity contribution is -0.146. The molecule has 1 amide bonds. The van der Waals surface area contributed by atoms with Gasteiger partial charge in [0.25, 0.3) is 0 Å². The van der Waals surface area contributed by atoms with Crippen molar-refractivity contribution in [2.24, 2.45) is 5.92 Å². The van der Waals surface area contributed by atoms with E-state index in [-0.39, 0.29) is 43.1 Å². The van der Waals surface area contributed by atoms with Gasteiger partial charge in [0, 0.05) is 32.2 Å². The maximum absolute atomic E-state index is 13.1. The summed E-state index contributed by atoms with van der Waals surface area (Å²) in [4.78, 5) is 17.5. The first-order chi connectivity index (χ1) is 10.4. The molecule has 0 aliphatic carbocycles. The average molecular weight is 384 g/mol. The molecule has 2 heterocycles. The molecule has 2 saturated heterocycles. The maximum Gasteiger partial charge on any atom is 0.240 e. The summed E-state index contributed by atoms with van der Waals surface area (Å²) in [6.45, 7) is 12.0. The molecule has 0 aromatic carbocycles. The number of carbonyl (C=O) groups is 1. The Hall–Kier alpha value is -0.0700. The predicted octanol–water partition coefficient (Wildman–Crippen LogP) is 2.17. The molecule has 0 radical (unpaired) electrons. The van der Waals surface area contributed by atoms with E-state index in [1.165, 1.54) is 0 Å². The third-order valence-electron chi connectivity index (χ3n) is 4.94. The molecule has 0 saturated carbocycles. The normalized spacial score (nSPS) is 27.3. The number of nitrogens with zero attached hydrogens (tertiary/aromatic N) is 2. The smallest absolute Gasteiger partial charge is 0.240 e. The quantitative estimate of drug-likeness (QED) is 0.807. The van der Waals surface area contributed by atoms with Crippen molar-refractivity contribution in [1.29, 1.82) is 0 Å². The highest BCUT2D eigenvalue weighted by Crippen LogP contribution is 2.22. The number of halogens is 2. The zero-order valence-electron chi connectivity index (χ0n) is 15.7. The van der Waals surface area contributed by atoms with Crippen molar-refractivity contribution >= 4 is 30.7 Å². The molecule has 0 spiro atoms. The van der Waals surface area contributed by atoms with Gasteiger partial charge in [-0.2, -0.15) is 0 Å². The summed E-state index contributed by atoms with van der Waals surface area (Å²) in [5, 5.41) is 3.33. The summed E-state index contributed by atoms with van der Waals surface area (Å²) in [6, 6.07) is 0.546. The van der Waals surface area contributed by atoms with E-state index in [2.05, 4.69) is 42.8 Å². The fourth-order valence-corrected chi connectivity index (χ4v) is 3.88. The molecular weight excluding hydrogens is 349 g/mol. The van der Waals surface area contributed by atoms with Gasteiger partial charge in [0.2, 0.25) is 5.91 Å². The summed E-state index contributed by atoms with van der Waals surface area (Å²) in [6.07, 6.45) is 2.52. The zero-order valence-corrected chi connectivity index (χ0v) is 17.3. The fourth-order valence-electron chi connectivity index (χ4n) is 3.88. The minimum atomic E-state index is -0.0139. The van der Waals surface area contributed by atoms with E-state index < -0.39 is 0 Å². The van der Waals surface area contributed by atoms with Gasteiger partial charge >= 0.3 is 0 Å². The lowest BCUT2D eigenvalue weighted by Crippen LogP contribution is -2.58. The van der Waals surface area contributed by atoms with Crippen molar-refractivity contribution in [2.45, 2.75) is 64.8 Å². The lowest BCUT2D eigenvalue weighted by Gasteiger charge is -2.43. The highest BCUT2D eigenvalue weighted by atomic mass is 35.5. The number of rotatable bonds is 4. The molecular formula is C17H35Cl2N3O2. The number of hydrogen-bond donors (Lipinski definition) is 1. The molecule has 144 valence electrons. The van der Waals surface area contributed by atoms with E-state index in [0.717, 1.165) is 39.0 Å². The number of piperidine rings is 1. The Kier molecular flexibility index (Phi) is 10.8. The van der Waals surface area contributed by atoms with Gasteiger partial charge in [0.15, 0.2) is 0 Å². The molecule has 0 aromatic rings. The summed E-state index contributed by atoms with van der Waals surface area (Å²) >= 11 is 0. The van der Waals surface area contributed by atoms with Gasteiger partial charge in [-0.1, -0.05) is 13.8 Å². The molecule has 24 heavy (non-hydrogen) atoms. The van der Waals surface area contributed by atoms with Gasteiger partial charge in [0.1, 0.15) is 0 Å². The van der Waals surface area contributed by atoms with Crippen molar-refractivity contribution < 1.29 is 9.53 Å². The van der Waals surface area contributed by atoms with E-state index in [4.69, 9.17) is 4.74 Å². The molecule has 3 atom stereocenters. The van der Waals surface area contributed by atoms with Crippen LogP contribution in [0, 0.1) is 5.92 Å². The predicted molar refractivity (Wildman–Crippen MR) is 103 cm³/mol. The van der Waals surface area contributed by atoms with E-state index in [1.54, 1.807) is 0 Å². The zero-order chi connectivity index (χ0) is 16.3. The Bertz CT molecular complexity index is 367. The Morgan fingerprint density at radius 2 is 1.58 bits per heavy atom. The van der Waals surface area contributed by atoms with Gasteiger partial charge in [0.05, 0.1) is 18.2 Å². The van der Waals surface area contributed by atoms with Crippen molar-refractivity contribution in [1.82, 2.24) is 15.1 Å². The Labute approximate surface area is 159 Å². The van der Waals surface area contributed by atoms with Crippen molar-refractivity contribution in [3.05, 3.63) is 0 Å². The molecule has 5 nitrogen and oxygen atoms in total. The van der Waals surface area contributed by atoms with Crippen molar-refractivity contribution in [2.75, 3.05) is 33.2 Å². The van der Waals surface area contributed by atoms with Gasteiger partial charge in [-0.05, 0) is 39.7 Å². The second-order valence-electron chi connectivity index (χ2n) is 7.29. The number of carbonyl (C=O) groups excluding carboxylic acids is 1. The van der Waals surface area contributed by atoms with Crippen LogP contribution in [0.1, 0.15) is 40.5 Å². The topological polar surface area (TPSA) is 44.8 Å². The van der Waals surface area contributed by atoms with E-state index in [9.17, 15) is 4.79 Å². The van der Waals surface area contributed by atoms with Gasteiger partial charge in [-0.25, -0.2) is 0 Å². The van der Waals surface area contributed by atoms with Crippen LogP contribution in [-0.4, -0.2) is 73.2 Å². The molecule has 2 aliphatic heterocycles. The van der Waals surface area contributed by atoms with Crippen LogP contribution in [0.5, 0.6) is 0 Å². The number of ether oxygens (including phenoxy) is 1. The van der Waals surface area contributed by atoms with Crippen LogP contribution >= 0.6 is 24.8 Å². The SMILES string of the molecule is CNC1CCN(C(=O)C(C(C)C)N2CC(C)OC(C)C2)CC1.Cl.Cl. The number of likely N-dealkylation sites (tertiary alicyclic amines) is 1. The first kappa shape index (κ1) is 23.9. The van der Waals surface area contributed by atoms with Crippen LogP contribution in [0.3, 0.4) is 0 Å². The summed E-state index contributed by atoms with van der Waals surface area (Å²) < 4.78 is 5.83. The van der Waals surface area contributed by atoms with E-state index in [1.807, 2.05) is 7.05 Å². The Balaban J connectivity index is 0.00000264. The first-order valence-electron chi connectivity index (χ1n) is 8.78. The summed E-state index contributed by atoms with van der Waals surface area (Å²) in [5.41, 5.74) is 0. The number of nitrogens with one attached hydrogen (secondary N) is 1. The molecule has 2 fully saturated rings. The largest absolute Gasteiger partial charge is 0.373 e. The molecule has 7 heteroatoms. The van der Waals surface area contributed by atoms with Crippen LogP contribution in [0.2, 0.25) is 0 Å². The molecule has 1 N–H and O–H groups in total. The van der Waals surface area contributed by atoms with Crippen LogP contribution in [-0.2, 0) is 9.53 Å². The second kappa shape index (κ2) is 10.8. The highest BCUT2D eigenvalue weighted by molar-refractivity contribution is 5.85. The van der Waals surface area contributed by atoms with Crippen LogP contribution in [0.4, 0.5) is 0 Å². The molecule has 0 aromatic heterocycles. The maximum atomic E-state index is 13.1. The van der Waals surface area contributed by atoms with Crippen LogP contribution in [0.25, 0.3) is 0 Å². The fraction of sp³-hybridized carbons (Fsp3) is 0.941. The third kappa shape index (κ3) is 6.03.